The quantitative estimate of drug-likeness (QED) is 0.772. The van der Waals surface area contributed by atoms with Gasteiger partial charge in [-0.15, -0.1) is 0 Å². The van der Waals surface area contributed by atoms with Crippen molar-refractivity contribution in [2.24, 2.45) is 0 Å². The number of carbonyl (C=O) groups is 2. The number of halogens is 1. The van der Waals surface area contributed by atoms with Crippen molar-refractivity contribution in [2.75, 3.05) is 7.11 Å². The van der Waals surface area contributed by atoms with Crippen molar-refractivity contribution in [1.82, 2.24) is 10.9 Å². The van der Waals surface area contributed by atoms with Gasteiger partial charge in [0.1, 0.15) is 11.5 Å². The summed E-state index contributed by atoms with van der Waals surface area (Å²) in [4.78, 5) is 24.5. The maximum atomic E-state index is 12.3. The highest BCUT2D eigenvalue weighted by atomic mass is 35.5. The van der Waals surface area contributed by atoms with E-state index in [0.717, 1.165) is 19.3 Å². The molecule has 2 aromatic rings. The van der Waals surface area contributed by atoms with Crippen molar-refractivity contribution in [3.63, 3.8) is 0 Å². The van der Waals surface area contributed by atoms with Crippen LogP contribution in [0.1, 0.15) is 34.8 Å². The van der Waals surface area contributed by atoms with Gasteiger partial charge in [0.15, 0.2) is 6.10 Å². The summed E-state index contributed by atoms with van der Waals surface area (Å²) in [5, 5.41) is 0.389. The molecule has 0 spiro atoms. The lowest BCUT2D eigenvalue weighted by molar-refractivity contribution is -0.128. The van der Waals surface area contributed by atoms with Gasteiger partial charge < -0.3 is 9.47 Å². The van der Waals surface area contributed by atoms with Crippen LogP contribution < -0.4 is 20.3 Å². The van der Waals surface area contributed by atoms with Gasteiger partial charge in [-0.25, -0.2) is 0 Å². The summed E-state index contributed by atoms with van der Waals surface area (Å²) >= 11 is 5.92. The molecule has 1 aliphatic rings. The van der Waals surface area contributed by atoms with Gasteiger partial charge in [0, 0.05) is 5.02 Å². The van der Waals surface area contributed by atoms with Gasteiger partial charge in [0.05, 0.1) is 12.7 Å². The molecule has 27 heavy (non-hydrogen) atoms. The molecule has 0 fully saturated rings. The van der Waals surface area contributed by atoms with Gasteiger partial charge in [0.25, 0.3) is 11.8 Å². The maximum Gasteiger partial charge on any atom is 0.279 e. The van der Waals surface area contributed by atoms with Gasteiger partial charge in [-0.2, -0.15) is 0 Å². The van der Waals surface area contributed by atoms with Crippen LogP contribution in [0.25, 0.3) is 0 Å². The lowest BCUT2D eigenvalue weighted by Gasteiger charge is -2.16. The first-order valence-electron chi connectivity index (χ1n) is 8.70. The first-order valence-corrected chi connectivity index (χ1v) is 9.08. The van der Waals surface area contributed by atoms with Crippen LogP contribution in [0.4, 0.5) is 0 Å². The molecule has 1 aliphatic carbocycles. The number of fused-ring (bicyclic) bond motifs is 1. The zero-order valence-corrected chi connectivity index (χ0v) is 15.9. The van der Waals surface area contributed by atoms with Gasteiger partial charge in [-0.3, -0.25) is 20.4 Å². The smallest absolute Gasteiger partial charge is 0.279 e. The zero-order chi connectivity index (χ0) is 19.4. The summed E-state index contributed by atoms with van der Waals surface area (Å²) in [5.41, 5.74) is 7.53. The Morgan fingerprint density at radius 3 is 2.63 bits per heavy atom. The number of nitrogens with one attached hydrogen (secondary N) is 2. The van der Waals surface area contributed by atoms with Crippen LogP contribution in [0.15, 0.2) is 36.4 Å². The molecule has 3 rings (SSSR count). The fourth-order valence-corrected chi connectivity index (χ4v) is 3.20. The van der Waals surface area contributed by atoms with Gasteiger partial charge in [-0.1, -0.05) is 17.7 Å². The van der Waals surface area contributed by atoms with Crippen molar-refractivity contribution in [3.05, 3.63) is 58.1 Å². The highest BCUT2D eigenvalue weighted by Gasteiger charge is 2.19. The molecule has 7 heteroatoms. The molecule has 2 amide bonds. The van der Waals surface area contributed by atoms with Crippen molar-refractivity contribution in [1.29, 1.82) is 0 Å². The monoisotopic (exact) mass is 388 g/mol. The second-order valence-corrected chi connectivity index (χ2v) is 6.77. The van der Waals surface area contributed by atoms with E-state index in [4.69, 9.17) is 21.1 Å². The van der Waals surface area contributed by atoms with E-state index in [0.29, 0.717) is 16.5 Å². The number of carbonyl (C=O) groups excluding carboxylic acids is 2. The van der Waals surface area contributed by atoms with Crippen molar-refractivity contribution in [2.45, 2.75) is 32.3 Å². The van der Waals surface area contributed by atoms with Crippen molar-refractivity contribution < 1.29 is 19.1 Å². The summed E-state index contributed by atoms with van der Waals surface area (Å²) in [7, 11) is 1.45. The molecule has 1 unspecified atom stereocenters. The summed E-state index contributed by atoms with van der Waals surface area (Å²) in [5.74, 6) is -0.00741. The minimum atomic E-state index is -0.772. The molecule has 0 radical (unpaired) electrons. The van der Waals surface area contributed by atoms with Crippen LogP contribution in [-0.2, 0) is 17.6 Å². The largest absolute Gasteiger partial charge is 0.496 e. The summed E-state index contributed by atoms with van der Waals surface area (Å²) < 4.78 is 10.8. The topological polar surface area (TPSA) is 76.7 Å². The van der Waals surface area contributed by atoms with E-state index in [9.17, 15) is 9.59 Å². The third-order valence-electron chi connectivity index (χ3n) is 4.46. The number of ether oxygens (including phenoxy) is 2. The maximum absolute atomic E-state index is 12.3. The molecular weight excluding hydrogens is 368 g/mol. The molecule has 0 aromatic heterocycles. The lowest BCUT2D eigenvalue weighted by atomic mass is 10.1. The third-order valence-corrected chi connectivity index (χ3v) is 4.69. The number of hydrogen-bond donors (Lipinski definition) is 2. The van der Waals surface area contributed by atoms with Crippen LogP contribution in [0.5, 0.6) is 11.5 Å². The molecule has 1 atom stereocenters. The molecule has 0 heterocycles. The predicted octanol–water partition coefficient (Wildman–Crippen LogP) is 3.07. The molecule has 142 valence electrons. The predicted molar refractivity (Wildman–Crippen MR) is 102 cm³/mol. The Bertz CT molecular complexity index is 869. The van der Waals surface area contributed by atoms with E-state index in [1.807, 2.05) is 18.2 Å². The molecule has 0 bridgehead atoms. The van der Waals surface area contributed by atoms with Crippen LogP contribution in [0.2, 0.25) is 5.02 Å². The number of benzene rings is 2. The third kappa shape index (κ3) is 4.52. The van der Waals surface area contributed by atoms with E-state index in [1.165, 1.54) is 24.3 Å². The Balaban J connectivity index is 1.57. The molecule has 2 N–H and O–H groups in total. The fourth-order valence-electron chi connectivity index (χ4n) is 3.02. The number of amides is 2. The Kier molecular flexibility index (Phi) is 5.86. The Hall–Kier alpha value is -2.73. The van der Waals surface area contributed by atoms with Gasteiger partial charge in [-0.05, 0) is 67.6 Å². The molecule has 0 saturated carbocycles. The number of methoxy groups -OCH3 is 1. The fraction of sp³-hybridized carbons (Fsp3) is 0.300. The summed E-state index contributed by atoms with van der Waals surface area (Å²) in [6.07, 6.45) is 2.49. The number of hydrazine groups is 1. The number of rotatable bonds is 5. The Morgan fingerprint density at radius 2 is 1.85 bits per heavy atom. The van der Waals surface area contributed by atoms with Crippen LogP contribution in [0, 0.1) is 0 Å². The van der Waals surface area contributed by atoms with Crippen molar-refractivity contribution in [3.8, 4) is 11.5 Å². The highest BCUT2D eigenvalue weighted by molar-refractivity contribution is 6.31. The van der Waals surface area contributed by atoms with Crippen LogP contribution in [0.3, 0.4) is 0 Å². The number of hydrogen-bond acceptors (Lipinski definition) is 4. The average molecular weight is 389 g/mol. The van der Waals surface area contributed by atoms with Crippen molar-refractivity contribution >= 4 is 23.4 Å². The minimum Gasteiger partial charge on any atom is -0.496 e. The number of aryl methyl sites for hydroxylation is 2. The van der Waals surface area contributed by atoms with Gasteiger partial charge >= 0.3 is 0 Å². The minimum absolute atomic E-state index is 0.220. The standard InChI is InChI=1S/C20H21ClN2O4/c1-12(27-16-8-6-13-4-3-5-14(13)10-16)19(24)22-23-20(25)17-11-15(21)7-9-18(17)26-2/h6-12H,3-5H2,1-2H3,(H,22,24)(H,23,25). The second-order valence-electron chi connectivity index (χ2n) is 6.33. The normalized spacial score (nSPS) is 13.4. The summed E-state index contributed by atoms with van der Waals surface area (Å²) in [6.45, 7) is 1.62. The van der Waals surface area contributed by atoms with E-state index in [2.05, 4.69) is 10.9 Å². The van der Waals surface area contributed by atoms with E-state index >= 15 is 0 Å². The van der Waals surface area contributed by atoms with Crippen LogP contribution >= 0.6 is 11.6 Å². The molecule has 0 aliphatic heterocycles. The first kappa shape index (κ1) is 19.0. The summed E-state index contributed by atoms with van der Waals surface area (Å²) in [6, 6.07) is 10.5. The first-order chi connectivity index (χ1) is 13.0. The zero-order valence-electron chi connectivity index (χ0n) is 15.2. The molecule has 0 saturated heterocycles. The van der Waals surface area contributed by atoms with E-state index in [1.54, 1.807) is 19.1 Å². The molecule has 2 aromatic carbocycles. The Morgan fingerprint density at radius 1 is 1.07 bits per heavy atom. The SMILES string of the molecule is COc1ccc(Cl)cc1C(=O)NNC(=O)C(C)Oc1ccc2c(c1)CCC2. The van der Waals surface area contributed by atoms with Crippen LogP contribution in [-0.4, -0.2) is 25.0 Å². The highest BCUT2D eigenvalue weighted by Crippen LogP contribution is 2.26. The van der Waals surface area contributed by atoms with E-state index < -0.39 is 17.9 Å². The second kappa shape index (κ2) is 8.31. The molecular formula is C20H21ClN2O4. The van der Waals surface area contributed by atoms with Gasteiger partial charge in [0.2, 0.25) is 0 Å². The lowest BCUT2D eigenvalue weighted by Crippen LogP contribution is -2.47. The molecule has 6 nitrogen and oxygen atoms in total. The Labute approximate surface area is 162 Å². The van der Waals surface area contributed by atoms with E-state index in [-0.39, 0.29) is 5.56 Å². The average Bonchev–Trinajstić information content (AvgIpc) is 3.13.